The molecule has 1 heterocycles. The van der Waals surface area contributed by atoms with Gasteiger partial charge in [0.15, 0.2) is 11.5 Å². The van der Waals surface area contributed by atoms with E-state index in [2.05, 4.69) is 4.98 Å². The van der Waals surface area contributed by atoms with Crippen LogP contribution < -0.4 is 9.47 Å². The second kappa shape index (κ2) is 6.15. The molecule has 22 heavy (non-hydrogen) atoms. The molecule has 0 radical (unpaired) electrons. The van der Waals surface area contributed by atoms with E-state index in [4.69, 9.17) is 9.47 Å². The Morgan fingerprint density at radius 1 is 0.955 bits per heavy atom. The van der Waals surface area contributed by atoms with Crippen molar-refractivity contribution in [3.8, 4) is 33.3 Å². The molecule has 0 fully saturated rings. The van der Waals surface area contributed by atoms with E-state index in [1.165, 1.54) is 23.5 Å². The SMILES string of the molecule is COc1ccc(-c2csc(-c3cccc(F)c3)n2)cc1OC. The highest BCUT2D eigenvalue weighted by molar-refractivity contribution is 7.13. The van der Waals surface area contributed by atoms with Crippen molar-refractivity contribution in [3.05, 3.63) is 53.7 Å². The molecule has 3 nitrogen and oxygen atoms in total. The maximum atomic E-state index is 13.3. The Bertz CT molecular complexity index is 801. The molecule has 0 spiro atoms. The maximum Gasteiger partial charge on any atom is 0.161 e. The third-order valence-electron chi connectivity index (χ3n) is 3.26. The number of thiazole rings is 1. The molecule has 3 aromatic rings. The topological polar surface area (TPSA) is 31.4 Å². The van der Waals surface area contributed by atoms with Gasteiger partial charge in [-0.3, -0.25) is 0 Å². The van der Waals surface area contributed by atoms with E-state index in [0.717, 1.165) is 21.8 Å². The third kappa shape index (κ3) is 2.80. The fourth-order valence-corrected chi connectivity index (χ4v) is 2.98. The summed E-state index contributed by atoms with van der Waals surface area (Å²) in [6, 6.07) is 12.1. The van der Waals surface area contributed by atoms with Crippen molar-refractivity contribution < 1.29 is 13.9 Å². The number of benzene rings is 2. The second-order valence-electron chi connectivity index (χ2n) is 4.62. The summed E-state index contributed by atoms with van der Waals surface area (Å²) >= 11 is 1.48. The predicted octanol–water partition coefficient (Wildman–Crippen LogP) is 4.63. The van der Waals surface area contributed by atoms with Crippen LogP contribution in [0.3, 0.4) is 0 Å². The molecule has 112 valence electrons. The van der Waals surface area contributed by atoms with Crippen LogP contribution in [0.15, 0.2) is 47.8 Å². The van der Waals surface area contributed by atoms with Crippen LogP contribution in [0.2, 0.25) is 0 Å². The quantitative estimate of drug-likeness (QED) is 0.703. The van der Waals surface area contributed by atoms with Crippen LogP contribution in [0.4, 0.5) is 4.39 Å². The number of ether oxygens (including phenoxy) is 2. The fraction of sp³-hybridized carbons (Fsp3) is 0.118. The van der Waals surface area contributed by atoms with Crippen molar-refractivity contribution in [2.24, 2.45) is 0 Å². The molecular weight excluding hydrogens is 301 g/mol. The van der Waals surface area contributed by atoms with E-state index in [1.807, 2.05) is 29.6 Å². The van der Waals surface area contributed by atoms with Crippen LogP contribution in [0.5, 0.6) is 11.5 Å². The Morgan fingerprint density at radius 2 is 1.77 bits per heavy atom. The van der Waals surface area contributed by atoms with Gasteiger partial charge >= 0.3 is 0 Å². The van der Waals surface area contributed by atoms with Gasteiger partial charge in [0.25, 0.3) is 0 Å². The lowest BCUT2D eigenvalue weighted by atomic mass is 10.1. The summed E-state index contributed by atoms with van der Waals surface area (Å²) in [4.78, 5) is 4.58. The minimum absolute atomic E-state index is 0.264. The average molecular weight is 315 g/mol. The van der Waals surface area contributed by atoms with Gasteiger partial charge < -0.3 is 9.47 Å². The van der Waals surface area contributed by atoms with Crippen molar-refractivity contribution in [1.29, 1.82) is 0 Å². The second-order valence-corrected chi connectivity index (χ2v) is 5.48. The molecule has 0 saturated heterocycles. The monoisotopic (exact) mass is 315 g/mol. The largest absolute Gasteiger partial charge is 0.493 e. The van der Waals surface area contributed by atoms with Gasteiger partial charge in [-0.25, -0.2) is 9.37 Å². The normalized spacial score (nSPS) is 10.5. The average Bonchev–Trinajstić information content (AvgIpc) is 3.04. The molecule has 0 bridgehead atoms. The molecular formula is C17H14FNO2S. The van der Waals surface area contributed by atoms with Gasteiger partial charge in [-0.05, 0) is 30.3 Å². The number of aromatic nitrogens is 1. The zero-order valence-corrected chi connectivity index (χ0v) is 13.0. The highest BCUT2D eigenvalue weighted by Crippen LogP contribution is 2.34. The number of nitrogens with zero attached hydrogens (tertiary/aromatic N) is 1. The van der Waals surface area contributed by atoms with E-state index in [9.17, 15) is 4.39 Å². The first-order valence-electron chi connectivity index (χ1n) is 6.65. The molecule has 0 amide bonds. The first-order chi connectivity index (χ1) is 10.7. The molecule has 0 saturated carbocycles. The smallest absolute Gasteiger partial charge is 0.161 e. The minimum atomic E-state index is -0.264. The molecule has 0 aliphatic carbocycles. The number of methoxy groups -OCH3 is 2. The van der Waals surface area contributed by atoms with Crippen molar-refractivity contribution in [2.45, 2.75) is 0 Å². The van der Waals surface area contributed by atoms with E-state index in [-0.39, 0.29) is 5.82 Å². The van der Waals surface area contributed by atoms with Gasteiger partial charge in [0, 0.05) is 16.5 Å². The third-order valence-corrected chi connectivity index (χ3v) is 4.15. The Balaban J connectivity index is 1.97. The Labute approximate surface area is 132 Å². The van der Waals surface area contributed by atoms with Gasteiger partial charge in [-0.15, -0.1) is 11.3 Å². The Kier molecular flexibility index (Phi) is 4.06. The maximum absolute atomic E-state index is 13.3. The lowest BCUT2D eigenvalue weighted by molar-refractivity contribution is 0.355. The Hall–Kier alpha value is -2.40. The standard InChI is InChI=1S/C17H14FNO2S/c1-20-15-7-6-11(9-16(15)21-2)14-10-22-17(19-14)12-4-3-5-13(18)8-12/h3-10H,1-2H3. The lowest BCUT2D eigenvalue weighted by Gasteiger charge is -2.08. The molecule has 0 unspecified atom stereocenters. The van der Waals surface area contributed by atoms with Crippen molar-refractivity contribution in [2.75, 3.05) is 14.2 Å². The summed E-state index contributed by atoms with van der Waals surface area (Å²) in [6.07, 6.45) is 0. The molecule has 5 heteroatoms. The number of halogens is 1. The van der Waals surface area contributed by atoms with Gasteiger partial charge in [0.05, 0.1) is 19.9 Å². The summed E-state index contributed by atoms with van der Waals surface area (Å²) < 4.78 is 23.8. The van der Waals surface area contributed by atoms with Crippen molar-refractivity contribution >= 4 is 11.3 Å². The van der Waals surface area contributed by atoms with Crippen molar-refractivity contribution in [3.63, 3.8) is 0 Å². The van der Waals surface area contributed by atoms with Crippen LogP contribution in [-0.2, 0) is 0 Å². The summed E-state index contributed by atoms with van der Waals surface area (Å²) in [5.41, 5.74) is 2.53. The van der Waals surface area contributed by atoms with E-state index in [0.29, 0.717) is 11.5 Å². The van der Waals surface area contributed by atoms with Gasteiger partial charge in [0.1, 0.15) is 10.8 Å². The van der Waals surface area contributed by atoms with Gasteiger partial charge in [0.2, 0.25) is 0 Å². The molecule has 1 aromatic heterocycles. The molecule has 0 atom stereocenters. The zero-order valence-electron chi connectivity index (χ0n) is 12.2. The number of hydrogen-bond acceptors (Lipinski definition) is 4. The molecule has 3 rings (SSSR count). The first-order valence-corrected chi connectivity index (χ1v) is 7.53. The van der Waals surface area contributed by atoms with Gasteiger partial charge in [-0.2, -0.15) is 0 Å². The van der Waals surface area contributed by atoms with E-state index < -0.39 is 0 Å². The minimum Gasteiger partial charge on any atom is -0.493 e. The highest BCUT2D eigenvalue weighted by atomic mass is 32.1. The van der Waals surface area contributed by atoms with Crippen LogP contribution in [0, 0.1) is 5.82 Å². The summed E-state index contributed by atoms with van der Waals surface area (Å²) in [6.45, 7) is 0. The first kappa shape index (κ1) is 14.5. The van der Waals surface area contributed by atoms with E-state index >= 15 is 0 Å². The Morgan fingerprint density at radius 3 is 2.50 bits per heavy atom. The van der Waals surface area contributed by atoms with Crippen LogP contribution >= 0.6 is 11.3 Å². The van der Waals surface area contributed by atoms with Gasteiger partial charge in [-0.1, -0.05) is 12.1 Å². The highest BCUT2D eigenvalue weighted by Gasteiger charge is 2.10. The summed E-state index contributed by atoms with van der Waals surface area (Å²) in [5, 5.41) is 2.73. The predicted molar refractivity (Wildman–Crippen MR) is 86.0 cm³/mol. The fourth-order valence-electron chi connectivity index (χ4n) is 2.16. The van der Waals surface area contributed by atoms with Crippen LogP contribution in [-0.4, -0.2) is 19.2 Å². The van der Waals surface area contributed by atoms with Crippen LogP contribution in [0.1, 0.15) is 0 Å². The lowest BCUT2D eigenvalue weighted by Crippen LogP contribution is -1.91. The molecule has 0 aliphatic heterocycles. The summed E-state index contributed by atoms with van der Waals surface area (Å²) in [7, 11) is 3.20. The molecule has 0 aliphatic rings. The van der Waals surface area contributed by atoms with E-state index in [1.54, 1.807) is 20.3 Å². The molecule has 2 aromatic carbocycles. The zero-order chi connectivity index (χ0) is 15.5. The number of rotatable bonds is 4. The molecule has 0 N–H and O–H groups in total. The summed E-state index contributed by atoms with van der Waals surface area (Å²) in [5.74, 6) is 1.06. The van der Waals surface area contributed by atoms with Crippen LogP contribution in [0.25, 0.3) is 21.8 Å². The van der Waals surface area contributed by atoms with Crippen molar-refractivity contribution in [1.82, 2.24) is 4.98 Å². The number of hydrogen-bond donors (Lipinski definition) is 0.